The highest BCUT2D eigenvalue weighted by Gasteiger charge is 2.26. The van der Waals surface area contributed by atoms with Crippen molar-refractivity contribution in [2.45, 2.75) is 19.0 Å². The molecule has 0 saturated carbocycles. The van der Waals surface area contributed by atoms with Gasteiger partial charge in [-0.15, -0.1) is 12.4 Å². The quantitative estimate of drug-likeness (QED) is 0.927. The molecule has 3 rings (SSSR count). The second-order valence-corrected chi connectivity index (χ2v) is 5.63. The van der Waals surface area contributed by atoms with Crippen molar-refractivity contribution < 1.29 is 8.78 Å². The molecule has 4 nitrogen and oxygen atoms in total. The van der Waals surface area contributed by atoms with Crippen LogP contribution in [-0.2, 0) is 13.6 Å². The van der Waals surface area contributed by atoms with E-state index in [-0.39, 0.29) is 24.0 Å². The SMILES string of the molecule is Cl.Cn1ccnc1C1CNCCN1Cc1ccc(C(F)F)cc1. The molecule has 0 amide bonds. The summed E-state index contributed by atoms with van der Waals surface area (Å²) in [7, 11) is 1.99. The predicted octanol–water partition coefficient (Wildman–Crippen LogP) is 2.93. The first-order valence-electron chi connectivity index (χ1n) is 7.44. The van der Waals surface area contributed by atoms with Gasteiger partial charge in [0, 0.05) is 51.2 Å². The molecule has 1 aromatic heterocycles. The Morgan fingerprint density at radius 2 is 2.04 bits per heavy atom. The molecule has 2 aromatic rings. The minimum Gasteiger partial charge on any atom is -0.337 e. The molecule has 1 unspecified atom stereocenters. The topological polar surface area (TPSA) is 33.1 Å². The summed E-state index contributed by atoms with van der Waals surface area (Å²) >= 11 is 0. The Bertz CT molecular complexity index is 615. The molecule has 126 valence electrons. The van der Waals surface area contributed by atoms with E-state index in [2.05, 4.69) is 15.2 Å². The maximum absolute atomic E-state index is 12.6. The second kappa shape index (κ2) is 7.86. The van der Waals surface area contributed by atoms with E-state index in [1.54, 1.807) is 18.3 Å². The molecule has 0 radical (unpaired) electrons. The number of imidazole rings is 1. The van der Waals surface area contributed by atoms with Crippen LogP contribution in [0.3, 0.4) is 0 Å². The molecule has 1 atom stereocenters. The molecule has 1 aromatic carbocycles. The average molecular weight is 343 g/mol. The molecule has 1 saturated heterocycles. The Labute approximate surface area is 140 Å². The molecule has 1 aliphatic heterocycles. The van der Waals surface area contributed by atoms with E-state index in [4.69, 9.17) is 0 Å². The largest absolute Gasteiger partial charge is 0.337 e. The highest BCUT2D eigenvalue weighted by atomic mass is 35.5. The van der Waals surface area contributed by atoms with Crippen LogP contribution in [0.5, 0.6) is 0 Å². The van der Waals surface area contributed by atoms with Gasteiger partial charge in [0.25, 0.3) is 6.43 Å². The minimum absolute atomic E-state index is 0. The standard InChI is InChI=1S/C16H20F2N4.ClH/c1-21-8-7-20-16(21)14-10-19-6-9-22(14)11-12-2-4-13(5-3-12)15(17)18;/h2-5,7-8,14-15,19H,6,9-11H2,1H3;1H. The predicted molar refractivity (Wildman–Crippen MR) is 87.9 cm³/mol. The van der Waals surface area contributed by atoms with Crippen molar-refractivity contribution in [3.63, 3.8) is 0 Å². The molecule has 7 heteroatoms. The maximum atomic E-state index is 12.6. The van der Waals surface area contributed by atoms with Crippen LogP contribution in [-0.4, -0.2) is 34.1 Å². The fraction of sp³-hybridized carbons (Fsp3) is 0.438. The minimum atomic E-state index is -2.41. The van der Waals surface area contributed by atoms with E-state index >= 15 is 0 Å². The Balaban J connectivity index is 0.00000192. The summed E-state index contributed by atoms with van der Waals surface area (Å²) in [6, 6.07) is 6.80. The second-order valence-electron chi connectivity index (χ2n) is 5.63. The Morgan fingerprint density at radius 3 is 2.65 bits per heavy atom. The van der Waals surface area contributed by atoms with Gasteiger partial charge < -0.3 is 9.88 Å². The van der Waals surface area contributed by atoms with Crippen molar-refractivity contribution in [3.8, 4) is 0 Å². The summed E-state index contributed by atoms with van der Waals surface area (Å²) in [6.07, 6.45) is 1.34. The van der Waals surface area contributed by atoms with E-state index in [1.165, 1.54) is 12.1 Å². The first-order chi connectivity index (χ1) is 10.6. The molecule has 0 aliphatic carbocycles. The van der Waals surface area contributed by atoms with Gasteiger partial charge in [0.15, 0.2) is 0 Å². The lowest BCUT2D eigenvalue weighted by molar-refractivity contribution is 0.144. The van der Waals surface area contributed by atoms with Gasteiger partial charge in [-0.25, -0.2) is 13.8 Å². The fourth-order valence-electron chi connectivity index (χ4n) is 2.89. The monoisotopic (exact) mass is 342 g/mol. The number of benzene rings is 1. The molecule has 0 bridgehead atoms. The third-order valence-corrected chi connectivity index (χ3v) is 4.13. The van der Waals surface area contributed by atoms with E-state index in [1.807, 2.05) is 17.8 Å². The van der Waals surface area contributed by atoms with Gasteiger partial charge in [-0.3, -0.25) is 4.90 Å². The Hall–Kier alpha value is -1.50. The number of halogens is 3. The summed E-state index contributed by atoms with van der Waals surface area (Å²) in [5.41, 5.74) is 1.12. The van der Waals surface area contributed by atoms with Gasteiger partial charge in [-0.2, -0.15) is 0 Å². The van der Waals surface area contributed by atoms with Crippen molar-refractivity contribution in [2.75, 3.05) is 19.6 Å². The van der Waals surface area contributed by atoms with Crippen molar-refractivity contribution in [1.29, 1.82) is 0 Å². The molecular formula is C16H21ClF2N4. The van der Waals surface area contributed by atoms with Crippen molar-refractivity contribution >= 4 is 12.4 Å². The van der Waals surface area contributed by atoms with Crippen molar-refractivity contribution in [2.24, 2.45) is 7.05 Å². The van der Waals surface area contributed by atoms with Gasteiger partial charge >= 0.3 is 0 Å². The highest BCUT2D eigenvalue weighted by Crippen LogP contribution is 2.24. The normalized spacial score (nSPS) is 18.9. The summed E-state index contributed by atoms with van der Waals surface area (Å²) in [5, 5.41) is 3.40. The molecule has 1 aliphatic rings. The van der Waals surface area contributed by atoms with E-state index in [9.17, 15) is 8.78 Å². The maximum Gasteiger partial charge on any atom is 0.263 e. The van der Waals surface area contributed by atoms with E-state index in [0.717, 1.165) is 37.6 Å². The van der Waals surface area contributed by atoms with Gasteiger partial charge in [-0.05, 0) is 5.56 Å². The average Bonchev–Trinajstić information content (AvgIpc) is 2.94. The third-order valence-electron chi connectivity index (χ3n) is 4.13. The zero-order chi connectivity index (χ0) is 15.5. The van der Waals surface area contributed by atoms with Crippen LogP contribution in [0.1, 0.15) is 29.4 Å². The summed E-state index contributed by atoms with van der Waals surface area (Å²) in [6.45, 7) is 3.42. The van der Waals surface area contributed by atoms with Crippen LogP contribution in [0.25, 0.3) is 0 Å². The molecule has 1 fully saturated rings. The lowest BCUT2D eigenvalue weighted by Crippen LogP contribution is -2.46. The van der Waals surface area contributed by atoms with Crippen LogP contribution >= 0.6 is 12.4 Å². The van der Waals surface area contributed by atoms with Gasteiger partial charge in [0.2, 0.25) is 0 Å². The van der Waals surface area contributed by atoms with Gasteiger partial charge in [0.1, 0.15) is 5.82 Å². The van der Waals surface area contributed by atoms with Crippen LogP contribution in [0, 0.1) is 0 Å². The Morgan fingerprint density at radius 1 is 1.30 bits per heavy atom. The van der Waals surface area contributed by atoms with Crippen molar-refractivity contribution in [1.82, 2.24) is 19.8 Å². The number of aryl methyl sites for hydroxylation is 1. The van der Waals surface area contributed by atoms with E-state index in [0.29, 0.717) is 0 Å². The zero-order valence-electron chi connectivity index (χ0n) is 13.0. The van der Waals surface area contributed by atoms with Gasteiger partial charge in [0.05, 0.1) is 6.04 Å². The molecule has 2 heterocycles. The number of nitrogens with one attached hydrogen (secondary N) is 1. The van der Waals surface area contributed by atoms with Crippen LogP contribution in [0.2, 0.25) is 0 Å². The lowest BCUT2D eigenvalue weighted by Gasteiger charge is -2.35. The van der Waals surface area contributed by atoms with Gasteiger partial charge in [-0.1, -0.05) is 24.3 Å². The smallest absolute Gasteiger partial charge is 0.263 e. The summed E-state index contributed by atoms with van der Waals surface area (Å²) in [4.78, 5) is 6.79. The number of piperazine rings is 1. The molecule has 23 heavy (non-hydrogen) atoms. The van der Waals surface area contributed by atoms with Crippen molar-refractivity contribution in [3.05, 3.63) is 53.6 Å². The molecule has 1 N–H and O–H groups in total. The fourth-order valence-corrected chi connectivity index (χ4v) is 2.89. The number of rotatable bonds is 4. The first-order valence-corrected chi connectivity index (χ1v) is 7.44. The first kappa shape index (κ1) is 17.8. The summed E-state index contributed by atoms with van der Waals surface area (Å²) in [5.74, 6) is 1.02. The highest BCUT2D eigenvalue weighted by molar-refractivity contribution is 5.85. The number of nitrogens with zero attached hydrogens (tertiary/aromatic N) is 3. The lowest BCUT2D eigenvalue weighted by atomic mass is 10.1. The number of hydrogen-bond acceptors (Lipinski definition) is 3. The van der Waals surface area contributed by atoms with Crippen LogP contribution < -0.4 is 5.32 Å². The van der Waals surface area contributed by atoms with Crippen LogP contribution in [0.4, 0.5) is 8.78 Å². The number of hydrogen-bond donors (Lipinski definition) is 1. The molecule has 0 spiro atoms. The summed E-state index contributed by atoms with van der Waals surface area (Å²) < 4.78 is 27.3. The third kappa shape index (κ3) is 4.07. The zero-order valence-corrected chi connectivity index (χ0v) is 13.8. The Kier molecular flexibility index (Phi) is 6.10. The van der Waals surface area contributed by atoms with Crippen LogP contribution in [0.15, 0.2) is 36.7 Å². The van der Waals surface area contributed by atoms with E-state index < -0.39 is 6.43 Å². The molecular weight excluding hydrogens is 322 g/mol. The number of aromatic nitrogens is 2. The number of alkyl halides is 2.